The van der Waals surface area contributed by atoms with Gasteiger partial charge in [0.25, 0.3) is 0 Å². The lowest BCUT2D eigenvalue weighted by Gasteiger charge is -2.75. The van der Waals surface area contributed by atoms with Gasteiger partial charge in [0.2, 0.25) is 0 Å². The second kappa shape index (κ2) is 14.2. The van der Waals surface area contributed by atoms with Gasteiger partial charge < -0.3 is 10.2 Å². The third-order valence-electron chi connectivity index (χ3n) is 27.9. The molecule has 356 valence electrons. The average molecular weight is 857 g/mol. The van der Waals surface area contributed by atoms with Crippen molar-refractivity contribution in [2.24, 2.45) is 112 Å². The summed E-state index contributed by atoms with van der Waals surface area (Å²) in [7, 11) is 0. The van der Waals surface area contributed by atoms with Gasteiger partial charge in [-0.2, -0.15) is 0 Å². The molecule has 0 aromatic carbocycles. The summed E-state index contributed by atoms with van der Waals surface area (Å²) in [6, 6.07) is 0. The van der Waals surface area contributed by atoms with Crippen LogP contribution in [0.5, 0.6) is 0 Å². The molecule has 2 nitrogen and oxygen atoms in total. The van der Waals surface area contributed by atoms with Crippen LogP contribution in [-0.4, -0.2) is 22.4 Å². The average Bonchev–Trinajstić information content (AvgIpc) is 3.19. The van der Waals surface area contributed by atoms with Crippen molar-refractivity contribution in [3.63, 3.8) is 0 Å². The minimum Gasteiger partial charge on any atom is -0.393 e. The molecule has 2 heteroatoms. The summed E-state index contributed by atoms with van der Waals surface area (Å²) in [6.07, 6.45) is 30.2. The van der Waals surface area contributed by atoms with E-state index in [4.69, 9.17) is 0 Å². The molecule has 0 heterocycles. The van der Waals surface area contributed by atoms with Crippen molar-refractivity contribution in [2.45, 2.75) is 264 Å². The fraction of sp³-hybridized carbons (Fsp3) is 1.00. The van der Waals surface area contributed by atoms with E-state index < -0.39 is 0 Å². The molecule has 10 rings (SSSR count). The van der Waals surface area contributed by atoms with Crippen molar-refractivity contribution in [1.82, 2.24) is 0 Å². The molecule has 0 radical (unpaired) electrons. The highest BCUT2D eigenvalue weighted by molar-refractivity contribution is 5.22. The Morgan fingerprint density at radius 3 is 0.952 bits per heavy atom. The van der Waals surface area contributed by atoms with Gasteiger partial charge in [-0.05, 0) is 254 Å². The number of hydrogen-bond donors (Lipinski definition) is 2. The van der Waals surface area contributed by atoms with E-state index in [9.17, 15) is 10.2 Å². The predicted molar refractivity (Wildman–Crippen MR) is 261 cm³/mol. The van der Waals surface area contributed by atoms with E-state index in [0.29, 0.717) is 76.8 Å². The van der Waals surface area contributed by atoms with Crippen LogP contribution >= 0.6 is 0 Å². The Kier molecular flexibility index (Phi) is 10.8. The van der Waals surface area contributed by atoms with Gasteiger partial charge in [-0.15, -0.1) is 0 Å². The van der Waals surface area contributed by atoms with E-state index in [1.165, 1.54) is 128 Å². The Hall–Kier alpha value is -0.0800. The fourth-order valence-corrected chi connectivity index (χ4v) is 22.7. The minimum absolute atomic E-state index is 0.0781. The van der Waals surface area contributed by atoms with Crippen molar-refractivity contribution >= 4 is 0 Å². The Balaban J connectivity index is 0.000000158. The van der Waals surface area contributed by atoms with Gasteiger partial charge in [0.15, 0.2) is 0 Å². The molecule has 0 bridgehead atoms. The third kappa shape index (κ3) is 6.15. The van der Waals surface area contributed by atoms with Gasteiger partial charge >= 0.3 is 0 Å². The van der Waals surface area contributed by atoms with Crippen molar-refractivity contribution in [2.75, 3.05) is 0 Å². The van der Waals surface area contributed by atoms with E-state index in [-0.39, 0.29) is 12.2 Å². The molecule has 2 N–H and O–H groups in total. The third-order valence-corrected chi connectivity index (χ3v) is 27.9. The van der Waals surface area contributed by atoms with Crippen molar-refractivity contribution in [3.8, 4) is 0 Å². The van der Waals surface area contributed by atoms with Gasteiger partial charge in [-0.25, -0.2) is 0 Å². The second-order valence-electron chi connectivity index (χ2n) is 31.0. The molecule has 62 heavy (non-hydrogen) atoms. The van der Waals surface area contributed by atoms with Crippen LogP contribution in [0.25, 0.3) is 0 Å². The molecule has 10 saturated carbocycles. The molecule has 10 aliphatic rings. The van der Waals surface area contributed by atoms with Crippen LogP contribution in [0.1, 0.15) is 252 Å². The molecule has 10 aliphatic carbocycles. The monoisotopic (exact) mass is 857 g/mol. The maximum absolute atomic E-state index is 10.7. The van der Waals surface area contributed by atoms with Crippen molar-refractivity contribution in [1.29, 1.82) is 0 Å². The predicted octanol–water partition coefficient (Wildman–Crippen LogP) is 16.5. The largest absolute Gasteiger partial charge is 0.393 e. The summed E-state index contributed by atoms with van der Waals surface area (Å²) in [4.78, 5) is 0. The van der Waals surface area contributed by atoms with Crippen LogP contribution in [0.2, 0.25) is 0 Å². The van der Waals surface area contributed by atoms with Crippen LogP contribution in [0, 0.1) is 112 Å². The molecule has 0 amide bonds. The van der Waals surface area contributed by atoms with Gasteiger partial charge in [0.05, 0.1) is 12.2 Å². The number of fused-ring (bicyclic) bond motifs is 14. The highest BCUT2D eigenvalue weighted by Gasteiger charge is 2.73. The lowest BCUT2D eigenvalue weighted by molar-refractivity contribution is -0.263. The lowest BCUT2D eigenvalue weighted by atomic mass is 9.30. The van der Waals surface area contributed by atoms with Crippen LogP contribution in [0.15, 0.2) is 0 Å². The molecular formula is C60H104O2. The molecule has 0 saturated heterocycles. The van der Waals surface area contributed by atoms with Gasteiger partial charge in [-0.1, -0.05) is 111 Å². The molecule has 10 fully saturated rings. The zero-order valence-corrected chi connectivity index (χ0v) is 44.2. The van der Waals surface area contributed by atoms with Gasteiger partial charge in [0, 0.05) is 0 Å². The number of rotatable bonds is 0. The highest BCUT2D eigenvalue weighted by atomic mass is 16.3. The Morgan fingerprint density at radius 1 is 0.290 bits per heavy atom. The van der Waals surface area contributed by atoms with E-state index in [1.54, 1.807) is 0 Å². The number of aliphatic hydroxyl groups excluding tert-OH is 2. The maximum Gasteiger partial charge on any atom is 0.0571 e. The van der Waals surface area contributed by atoms with Crippen LogP contribution < -0.4 is 0 Å². The van der Waals surface area contributed by atoms with E-state index in [0.717, 1.165) is 48.3 Å². The first-order valence-electron chi connectivity index (χ1n) is 27.8. The number of hydrogen-bond acceptors (Lipinski definition) is 2. The SMILES string of the molecule is C[C@H]1[C@@H](O)CC[C@@H]2[C@]1(C)CC[C@H]1[C@@]2(C)CC[C@@]2(C)[C@@H]3CC(C)(C)CC[C@]3(C)CC[C@]12C.C[C@H]1[C@@H](O)CC[C@@H]2[C@]1(C)CC[C@H]1[C@@]2(C)CC[C@@]2(C)[C@@H]3CC(C)(C)CC[C@]3(C)CC[C@]12C. The first-order chi connectivity index (χ1) is 28.4. The topological polar surface area (TPSA) is 40.5 Å². The quantitative estimate of drug-likeness (QED) is 0.255. The summed E-state index contributed by atoms with van der Waals surface area (Å²) in [5.74, 6) is 6.05. The highest BCUT2D eigenvalue weighted by Crippen LogP contribution is 2.80. The molecule has 0 aromatic rings. The summed E-state index contributed by atoms with van der Waals surface area (Å²) in [5, 5.41) is 21.5. The minimum atomic E-state index is -0.0781. The summed E-state index contributed by atoms with van der Waals surface area (Å²) < 4.78 is 0. The first kappa shape index (κ1) is 47.0. The van der Waals surface area contributed by atoms with Gasteiger partial charge in [0.1, 0.15) is 0 Å². The van der Waals surface area contributed by atoms with Crippen LogP contribution in [-0.2, 0) is 0 Å². The smallest absolute Gasteiger partial charge is 0.0571 e. The summed E-state index contributed by atoms with van der Waals surface area (Å²) in [6.45, 7) is 41.9. The van der Waals surface area contributed by atoms with Crippen molar-refractivity contribution < 1.29 is 10.2 Å². The number of aliphatic hydroxyl groups is 2. The van der Waals surface area contributed by atoms with Gasteiger partial charge in [-0.3, -0.25) is 0 Å². The Morgan fingerprint density at radius 2 is 0.597 bits per heavy atom. The maximum atomic E-state index is 10.7. The molecule has 0 aromatic heterocycles. The zero-order chi connectivity index (χ0) is 45.3. The fourth-order valence-electron chi connectivity index (χ4n) is 22.7. The van der Waals surface area contributed by atoms with Crippen molar-refractivity contribution in [3.05, 3.63) is 0 Å². The molecule has 20 atom stereocenters. The van der Waals surface area contributed by atoms with E-state index in [2.05, 4.69) is 111 Å². The molecule has 0 unspecified atom stereocenters. The zero-order valence-electron chi connectivity index (χ0n) is 44.2. The van der Waals surface area contributed by atoms with Crippen LogP contribution in [0.4, 0.5) is 0 Å². The Labute approximate surface area is 385 Å². The molecule has 0 aliphatic heterocycles. The molecular weight excluding hydrogens is 753 g/mol. The van der Waals surface area contributed by atoms with E-state index in [1.807, 2.05) is 0 Å². The Bertz CT molecular complexity index is 1610. The van der Waals surface area contributed by atoms with E-state index >= 15 is 0 Å². The summed E-state index contributed by atoms with van der Waals surface area (Å²) in [5.41, 5.74) is 5.75. The van der Waals surface area contributed by atoms with Crippen LogP contribution in [0.3, 0.4) is 0 Å². The summed E-state index contributed by atoms with van der Waals surface area (Å²) >= 11 is 0. The first-order valence-corrected chi connectivity index (χ1v) is 27.8. The second-order valence-corrected chi connectivity index (χ2v) is 31.0. The molecule has 0 spiro atoms. The normalized spacial score (nSPS) is 60.9. The standard InChI is InChI=1S/2C30H52O/c2*1-20-21(31)9-10-22-27(20,5)12-11-23-28(22,6)16-18-30(8)24-19-25(2,3)13-14-26(24,4)15-17-29(23,30)7/h2*20-24,31H,9-19H2,1-8H3/t2*20-,21-,22+,23-,24+,26+,27+,28-,29+,30-/m00/s1. The lowest BCUT2D eigenvalue weighted by Crippen LogP contribution is -2.67.